The molecule has 0 saturated carbocycles. The zero-order chi connectivity index (χ0) is 10.1. The maximum atomic E-state index is 13.2. The minimum absolute atomic E-state index is 0.177. The fraction of sp³-hybridized carbons (Fsp3) is 0.300. The van der Waals surface area contributed by atoms with Crippen molar-refractivity contribution in [3.63, 3.8) is 0 Å². The Balaban J connectivity index is 2.22. The summed E-state index contributed by atoms with van der Waals surface area (Å²) < 4.78 is 18.4. The molecule has 2 N–H and O–H groups in total. The highest BCUT2D eigenvalue weighted by Gasteiger charge is 2.20. The molecule has 14 heavy (non-hydrogen) atoms. The molecule has 0 amide bonds. The van der Waals surface area contributed by atoms with Gasteiger partial charge in [-0.15, -0.1) is 0 Å². The molecule has 0 aliphatic carbocycles. The fourth-order valence-corrected chi connectivity index (χ4v) is 1.38. The highest BCUT2D eigenvalue weighted by atomic mass is 19.1. The Kier molecular flexibility index (Phi) is 2.11. The minimum atomic E-state index is -0.231. The Morgan fingerprint density at radius 1 is 1.57 bits per heavy atom. The molecule has 74 valence electrons. The average molecular weight is 194 g/mol. The summed E-state index contributed by atoms with van der Waals surface area (Å²) in [5.41, 5.74) is 6.77. The number of nitrogens with two attached hydrogens (primary N) is 1. The van der Waals surface area contributed by atoms with Gasteiger partial charge in [0.25, 0.3) is 6.02 Å². The SMILES string of the molecule is Cc1ccc(C2CN=C(N)O2)cc1F. The summed E-state index contributed by atoms with van der Waals surface area (Å²) >= 11 is 0. The Morgan fingerprint density at radius 3 is 2.93 bits per heavy atom. The molecule has 2 rings (SSSR count). The van der Waals surface area contributed by atoms with Crippen molar-refractivity contribution < 1.29 is 9.13 Å². The fourth-order valence-electron chi connectivity index (χ4n) is 1.38. The molecule has 1 aliphatic rings. The summed E-state index contributed by atoms with van der Waals surface area (Å²) in [5.74, 6) is -0.225. The van der Waals surface area contributed by atoms with Crippen LogP contribution in [0.1, 0.15) is 17.2 Å². The molecule has 0 bridgehead atoms. The lowest BCUT2D eigenvalue weighted by atomic mass is 10.1. The topological polar surface area (TPSA) is 47.6 Å². The number of rotatable bonds is 1. The predicted molar refractivity (Wildman–Crippen MR) is 51.5 cm³/mol. The summed E-state index contributed by atoms with van der Waals surface area (Å²) in [4.78, 5) is 3.90. The molecular weight excluding hydrogens is 183 g/mol. The van der Waals surface area contributed by atoms with Crippen LogP contribution in [0.3, 0.4) is 0 Å². The van der Waals surface area contributed by atoms with E-state index in [1.54, 1.807) is 13.0 Å². The first-order valence-corrected chi connectivity index (χ1v) is 4.39. The van der Waals surface area contributed by atoms with Gasteiger partial charge in [0.1, 0.15) is 11.9 Å². The smallest absolute Gasteiger partial charge is 0.282 e. The van der Waals surface area contributed by atoms with Crippen molar-refractivity contribution in [2.24, 2.45) is 10.7 Å². The van der Waals surface area contributed by atoms with Gasteiger partial charge in [0.15, 0.2) is 0 Å². The maximum absolute atomic E-state index is 13.2. The van der Waals surface area contributed by atoms with Gasteiger partial charge in [-0.2, -0.15) is 0 Å². The lowest BCUT2D eigenvalue weighted by Gasteiger charge is -2.10. The Labute approximate surface area is 81.4 Å². The van der Waals surface area contributed by atoms with E-state index in [9.17, 15) is 4.39 Å². The second-order valence-electron chi connectivity index (χ2n) is 3.29. The van der Waals surface area contributed by atoms with E-state index >= 15 is 0 Å². The number of nitrogens with zero attached hydrogens (tertiary/aromatic N) is 1. The highest BCUT2D eigenvalue weighted by Crippen LogP contribution is 2.23. The van der Waals surface area contributed by atoms with Gasteiger partial charge < -0.3 is 10.5 Å². The molecule has 1 aromatic carbocycles. The average Bonchev–Trinajstić information content (AvgIpc) is 2.57. The normalized spacial score (nSPS) is 20.4. The molecule has 1 heterocycles. The number of ether oxygens (including phenoxy) is 1. The van der Waals surface area contributed by atoms with Crippen LogP contribution in [0.25, 0.3) is 0 Å². The van der Waals surface area contributed by atoms with Crippen LogP contribution in [-0.2, 0) is 4.74 Å². The standard InChI is InChI=1S/C10H11FN2O/c1-6-2-3-7(4-8(6)11)9-5-13-10(12)14-9/h2-4,9H,5H2,1H3,(H2,12,13). The number of hydrogen-bond acceptors (Lipinski definition) is 3. The third kappa shape index (κ3) is 1.55. The highest BCUT2D eigenvalue weighted by molar-refractivity contribution is 5.73. The first-order chi connectivity index (χ1) is 6.66. The molecule has 0 spiro atoms. The first-order valence-electron chi connectivity index (χ1n) is 4.39. The summed E-state index contributed by atoms with van der Waals surface area (Å²) in [7, 11) is 0. The second kappa shape index (κ2) is 3.29. The number of hydrogen-bond donors (Lipinski definition) is 1. The van der Waals surface area contributed by atoms with E-state index < -0.39 is 0 Å². The molecular formula is C10H11FN2O. The molecule has 0 radical (unpaired) electrons. The van der Waals surface area contributed by atoms with Crippen molar-refractivity contribution in [2.75, 3.05) is 6.54 Å². The molecule has 1 unspecified atom stereocenters. The molecule has 0 aromatic heterocycles. The van der Waals surface area contributed by atoms with E-state index in [4.69, 9.17) is 10.5 Å². The van der Waals surface area contributed by atoms with Gasteiger partial charge in [-0.1, -0.05) is 12.1 Å². The van der Waals surface area contributed by atoms with Gasteiger partial charge in [0.2, 0.25) is 0 Å². The van der Waals surface area contributed by atoms with Gasteiger partial charge in [0, 0.05) is 0 Å². The molecule has 1 aromatic rings. The zero-order valence-corrected chi connectivity index (χ0v) is 7.83. The van der Waals surface area contributed by atoms with Crippen molar-refractivity contribution >= 4 is 6.02 Å². The quantitative estimate of drug-likeness (QED) is 0.736. The monoisotopic (exact) mass is 194 g/mol. The van der Waals surface area contributed by atoms with Crippen LogP contribution in [0.2, 0.25) is 0 Å². The van der Waals surface area contributed by atoms with Crippen LogP contribution in [0.4, 0.5) is 4.39 Å². The molecule has 1 atom stereocenters. The van der Waals surface area contributed by atoms with E-state index in [0.717, 1.165) is 5.56 Å². The Morgan fingerprint density at radius 2 is 2.36 bits per heavy atom. The van der Waals surface area contributed by atoms with Crippen LogP contribution in [0, 0.1) is 12.7 Å². The summed E-state index contributed by atoms with van der Waals surface area (Å²) in [6, 6.07) is 5.20. The number of benzene rings is 1. The van der Waals surface area contributed by atoms with Crippen LogP contribution < -0.4 is 5.73 Å². The minimum Gasteiger partial charge on any atom is -0.455 e. The first kappa shape index (κ1) is 8.99. The summed E-state index contributed by atoms with van der Waals surface area (Å²) in [6.07, 6.45) is -0.231. The van der Waals surface area contributed by atoms with Crippen molar-refractivity contribution in [1.82, 2.24) is 0 Å². The van der Waals surface area contributed by atoms with E-state index in [1.807, 2.05) is 6.07 Å². The molecule has 4 heteroatoms. The third-order valence-corrected chi connectivity index (χ3v) is 2.24. The van der Waals surface area contributed by atoms with Crippen LogP contribution in [-0.4, -0.2) is 12.6 Å². The van der Waals surface area contributed by atoms with E-state index in [0.29, 0.717) is 12.1 Å². The van der Waals surface area contributed by atoms with E-state index in [1.165, 1.54) is 6.07 Å². The van der Waals surface area contributed by atoms with Crippen molar-refractivity contribution in [2.45, 2.75) is 13.0 Å². The number of halogens is 1. The number of aryl methyl sites for hydroxylation is 1. The van der Waals surface area contributed by atoms with Crippen LogP contribution >= 0.6 is 0 Å². The van der Waals surface area contributed by atoms with Gasteiger partial charge in [-0.05, 0) is 24.1 Å². The molecule has 0 saturated heterocycles. The van der Waals surface area contributed by atoms with Crippen LogP contribution in [0.15, 0.2) is 23.2 Å². The second-order valence-corrected chi connectivity index (χ2v) is 3.29. The lowest BCUT2D eigenvalue weighted by Crippen LogP contribution is -2.13. The lowest BCUT2D eigenvalue weighted by molar-refractivity contribution is 0.225. The van der Waals surface area contributed by atoms with Gasteiger partial charge in [-0.25, -0.2) is 9.38 Å². The molecule has 3 nitrogen and oxygen atoms in total. The Bertz CT molecular complexity index is 390. The third-order valence-electron chi connectivity index (χ3n) is 2.24. The van der Waals surface area contributed by atoms with Gasteiger partial charge >= 0.3 is 0 Å². The Hall–Kier alpha value is -1.58. The van der Waals surface area contributed by atoms with Crippen LogP contribution in [0.5, 0.6) is 0 Å². The van der Waals surface area contributed by atoms with Crippen molar-refractivity contribution in [3.05, 3.63) is 35.1 Å². The maximum Gasteiger partial charge on any atom is 0.282 e. The molecule has 0 fully saturated rings. The summed E-state index contributed by atoms with van der Waals surface area (Å²) in [5, 5.41) is 0. The van der Waals surface area contributed by atoms with Gasteiger partial charge in [-0.3, -0.25) is 0 Å². The zero-order valence-electron chi connectivity index (χ0n) is 7.83. The van der Waals surface area contributed by atoms with E-state index in [-0.39, 0.29) is 17.9 Å². The largest absolute Gasteiger partial charge is 0.455 e. The van der Waals surface area contributed by atoms with E-state index in [2.05, 4.69) is 4.99 Å². The van der Waals surface area contributed by atoms with Crippen molar-refractivity contribution in [1.29, 1.82) is 0 Å². The van der Waals surface area contributed by atoms with Crippen molar-refractivity contribution in [3.8, 4) is 0 Å². The molecule has 1 aliphatic heterocycles. The van der Waals surface area contributed by atoms with Gasteiger partial charge in [0.05, 0.1) is 6.54 Å². The number of amidine groups is 1. The predicted octanol–water partition coefficient (Wildman–Crippen LogP) is 1.52. The summed E-state index contributed by atoms with van der Waals surface area (Å²) in [6.45, 7) is 2.19. The number of aliphatic imine (C=N–C) groups is 1.